The molecule has 1 saturated heterocycles. The van der Waals surface area contributed by atoms with Crippen LogP contribution < -0.4 is 10.6 Å². The maximum atomic E-state index is 13.2. The predicted molar refractivity (Wildman–Crippen MR) is 90.4 cm³/mol. The van der Waals surface area contributed by atoms with Gasteiger partial charge in [0.2, 0.25) is 11.8 Å². The first-order chi connectivity index (χ1) is 11.6. The smallest absolute Gasteiger partial charge is 0.243 e. The van der Waals surface area contributed by atoms with Gasteiger partial charge in [0.15, 0.2) is 5.13 Å². The summed E-state index contributed by atoms with van der Waals surface area (Å²) in [4.78, 5) is 30.3. The molecule has 1 aromatic carbocycles. The Morgan fingerprint density at radius 1 is 1.38 bits per heavy atom. The first kappa shape index (κ1) is 16.5. The lowest BCUT2D eigenvalue weighted by molar-refractivity contribution is -0.122. The quantitative estimate of drug-likeness (QED) is 0.870. The molecule has 0 aliphatic carbocycles. The maximum Gasteiger partial charge on any atom is 0.243 e. The molecule has 3 rings (SSSR count). The van der Waals surface area contributed by atoms with Crippen LogP contribution >= 0.6 is 11.3 Å². The number of rotatable bonds is 5. The van der Waals surface area contributed by atoms with Gasteiger partial charge in [-0.2, -0.15) is 0 Å². The number of hydrogen-bond acceptors (Lipinski definition) is 5. The Labute approximate surface area is 142 Å². The summed E-state index contributed by atoms with van der Waals surface area (Å²) in [5, 5.41) is 7.76. The minimum atomic E-state index is -0.408. The number of anilines is 2. The Morgan fingerprint density at radius 2 is 2.25 bits per heavy atom. The van der Waals surface area contributed by atoms with Crippen molar-refractivity contribution in [3.05, 3.63) is 41.7 Å². The number of halogens is 1. The summed E-state index contributed by atoms with van der Waals surface area (Å²) in [5.74, 6) is -0.828. The van der Waals surface area contributed by atoms with Gasteiger partial charge in [-0.15, -0.1) is 11.3 Å². The van der Waals surface area contributed by atoms with Crippen LogP contribution in [-0.4, -0.2) is 40.8 Å². The first-order valence-corrected chi connectivity index (χ1v) is 8.49. The van der Waals surface area contributed by atoms with E-state index in [4.69, 9.17) is 0 Å². The molecule has 2 amide bonds. The van der Waals surface area contributed by atoms with E-state index in [9.17, 15) is 14.0 Å². The fraction of sp³-hybridized carbons (Fsp3) is 0.312. The maximum absolute atomic E-state index is 13.2. The van der Waals surface area contributed by atoms with Gasteiger partial charge in [-0.1, -0.05) is 6.07 Å². The van der Waals surface area contributed by atoms with Crippen molar-refractivity contribution in [1.29, 1.82) is 0 Å². The lowest BCUT2D eigenvalue weighted by Crippen LogP contribution is -2.43. The van der Waals surface area contributed by atoms with Crippen LogP contribution in [0.1, 0.15) is 12.8 Å². The van der Waals surface area contributed by atoms with Gasteiger partial charge in [0, 0.05) is 17.3 Å². The van der Waals surface area contributed by atoms with Crippen LogP contribution in [0.5, 0.6) is 0 Å². The van der Waals surface area contributed by atoms with Gasteiger partial charge in [-0.3, -0.25) is 14.5 Å². The Balaban J connectivity index is 1.57. The number of amides is 2. The monoisotopic (exact) mass is 348 g/mol. The average molecular weight is 348 g/mol. The zero-order valence-corrected chi connectivity index (χ0v) is 13.7. The van der Waals surface area contributed by atoms with Crippen LogP contribution in [-0.2, 0) is 9.59 Å². The molecular formula is C16H17FN4O2S. The normalized spacial score (nSPS) is 17.6. The number of likely N-dealkylation sites (tertiary alicyclic amines) is 1. The number of carbonyl (C=O) groups is 2. The molecule has 8 heteroatoms. The minimum Gasteiger partial charge on any atom is -0.325 e. The lowest BCUT2D eigenvalue weighted by atomic mass is 10.2. The van der Waals surface area contributed by atoms with Gasteiger partial charge in [0.05, 0.1) is 12.6 Å². The Morgan fingerprint density at radius 3 is 3.00 bits per heavy atom. The molecular weight excluding hydrogens is 331 g/mol. The molecule has 2 N–H and O–H groups in total. The van der Waals surface area contributed by atoms with E-state index in [-0.39, 0.29) is 24.4 Å². The molecule has 1 fully saturated rings. The molecule has 24 heavy (non-hydrogen) atoms. The van der Waals surface area contributed by atoms with Crippen molar-refractivity contribution in [3.8, 4) is 0 Å². The lowest BCUT2D eigenvalue weighted by Gasteiger charge is -2.22. The predicted octanol–water partition coefficient (Wildman–Crippen LogP) is 2.32. The van der Waals surface area contributed by atoms with Gasteiger partial charge in [-0.05, 0) is 37.6 Å². The Kier molecular flexibility index (Phi) is 5.17. The second-order valence-electron chi connectivity index (χ2n) is 5.51. The van der Waals surface area contributed by atoms with Crippen molar-refractivity contribution in [2.75, 3.05) is 23.7 Å². The van der Waals surface area contributed by atoms with Crippen LogP contribution in [0.3, 0.4) is 0 Å². The van der Waals surface area contributed by atoms with E-state index in [1.54, 1.807) is 17.6 Å². The molecule has 1 aliphatic heterocycles. The summed E-state index contributed by atoms with van der Waals surface area (Å²) < 4.78 is 13.2. The largest absolute Gasteiger partial charge is 0.325 e. The van der Waals surface area contributed by atoms with Gasteiger partial charge < -0.3 is 10.6 Å². The van der Waals surface area contributed by atoms with Crippen molar-refractivity contribution in [3.63, 3.8) is 0 Å². The summed E-state index contributed by atoms with van der Waals surface area (Å²) in [7, 11) is 0. The van der Waals surface area contributed by atoms with E-state index in [0.717, 1.165) is 6.42 Å². The molecule has 0 radical (unpaired) electrons. The summed E-state index contributed by atoms with van der Waals surface area (Å²) in [6, 6.07) is 5.37. The van der Waals surface area contributed by atoms with E-state index in [1.165, 1.54) is 29.5 Å². The molecule has 1 atom stereocenters. The summed E-state index contributed by atoms with van der Waals surface area (Å²) in [6.07, 6.45) is 3.17. The zero-order valence-electron chi connectivity index (χ0n) is 12.9. The third-order valence-electron chi connectivity index (χ3n) is 3.78. The number of carbonyl (C=O) groups excluding carboxylic acids is 2. The van der Waals surface area contributed by atoms with Crippen molar-refractivity contribution in [2.45, 2.75) is 18.9 Å². The number of nitrogens with one attached hydrogen (secondary N) is 2. The number of thiazole rings is 1. The van der Waals surface area contributed by atoms with Gasteiger partial charge >= 0.3 is 0 Å². The van der Waals surface area contributed by atoms with Crippen LogP contribution in [0.15, 0.2) is 35.8 Å². The van der Waals surface area contributed by atoms with E-state index in [0.29, 0.717) is 23.8 Å². The third kappa shape index (κ3) is 4.15. The molecule has 0 saturated carbocycles. The van der Waals surface area contributed by atoms with Gasteiger partial charge in [0.25, 0.3) is 0 Å². The number of aromatic nitrogens is 1. The summed E-state index contributed by atoms with van der Waals surface area (Å²) >= 11 is 1.35. The van der Waals surface area contributed by atoms with Crippen molar-refractivity contribution < 1.29 is 14.0 Å². The minimum absolute atomic E-state index is 0.0898. The SMILES string of the molecule is O=C(CN1CCC[C@@H]1C(=O)Nc1nccs1)Nc1cccc(F)c1. The highest BCUT2D eigenvalue weighted by Crippen LogP contribution is 2.20. The molecule has 126 valence electrons. The molecule has 1 aliphatic rings. The summed E-state index contributed by atoms with van der Waals surface area (Å²) in [5.41, 5.74) is 0.406. The third-order valence-corrected chi connectivity index (χ3v) is 4.47. The fourth-order valence-electron chi connectivity index (χ4n) is 2.74. The van der Waals surface area contributed by atoms with Gasteiger partial charge in [-0.25, -0.2) is 9.37 Å². The Bertz CT molecular complexity index is 723. The molecule has 2 heterocycles. The van der Waals surface area contributed by atoms with Crippen LogP contribution in [0, 0.1) is 5.82 Å². The molecule has 0 unspecified atom stereocenters. The van der Waals surface area contributed by atoms with Crippen LogP contribution in [0.25, 0.3) is 0 Å². The molecule has 1 aromatic heterocycles. The first-order valence-electron chi connectivity index (χ1n) is 7.61. The standard InChI is InChI=1S/C16H17FN4O2S/c17-11-3-1-4-12(9-11)19-14(22)10-21-7-2-5-13(21)15(23)20-16-18-6-8-24-16/h1,3-4,6,8-9,13H,2,5,7,10H2,(H,19,22)(H,18,20,23)/t13-/m1/s1. The zero-order chi connectivity index (χ0) is 16.9. The number of benzene rings is 1. The summed E-state index contributed by atoms with van der Waals surface area (Å²) in [6.45, 7) is 0.763. The highest BCUT2D eigenvalue weighted by atomic mass is 32.1. The molecule has 0 spiro atoms. The van der Waals surface area contributed by atoms with Crippen molar-refractivity contribution >= 4 is 34.0 Å². The Hall–Kier alpha value is -2.32. The second-order valence-corrected chi connectivity index (χ2v) is 6.41. The molecule has 0 bridgehead atoms. The van der Waals surface area contributed by atoms with E-state index in [1.807, 2.05) is 4.90 Å². The highest BCUT2D eigenvalue weighted by Gasteiger charge is 2.32. The number of nitrogens with zero attached hydrogens (tertiary/aromatic N) is 2. The van der Waals surface area contributed by atoms with Crippen molar-refractivity contribution in [2.24, 2.45) is 0 Å². The van der Waals surface area contributed by atoms with E-state index >= 15 is 0 Å². The van der Waals surface area contributed by atoms with E-state index < -0.39 is 5.82 Å². The fourth-order valence-corrected chi connectivity index (χ4v) is 3.27. The topological polar surface area (TPSA) is 74.3 Å². The van der Waals surface area contributed by atoms with E-state index in [2.05, 4.69) is 15.6 Å². The molecule has 2 aromatic rings. The van der Waals surface area contributed by atoms with Gasteiger partial charge in [0.1, 0.15) is 5.82 Å². The average Bonchev–Trinajstić information content (AvgIpc) is 3.18. The van der Waals surface area contributed by atoms with Crippen LogP contribution in [0.4, 0.5) is 15.2 Å². The molecule has 6 nitrogen and oxygen atoms in total. The highest BCUT2D eigenvalue weighted by molar-refractivity contribution is 7.13. The van der Waals surface area contributed by atoms with Crippen molar-refractivity contribution in [1.82, 2.24) is 9.88 Å². The number of hydrogen-bond donors (Lipinski definition) is 2. The second kappa shape index (κ2) is 7.50. The van der Waals surface area contributed by atoms with Crippen LogP contribution in [0.2, 0.25) is 0 Å².